The van der Waals surface area contributed by atoms with Crippen LogP contribution in [-0.4, -0.2) is 47.5 Å². The molecule has 0 bridgehead atoms. The zero-order valence-electron chi connectivity index (χ0n) is 21.3. The topological polar surface area (TPSA) is 102 Å². The van der Waals surface area contributed by atoms with E-state index in [4.69, 9.17) is 19.3 Å². The van der Waals surface area contributed by atoms with E-state index in [0.717, 1.165) is 10.6 Å². The number of rotatable bonds is 9. The van der Waals surface area contributed by atoms with Gasteiger partial charge in [-0.25, -0.2) is 4.79 Å². The number of pyridine rings is 1. The second kappa shape index (κ2) is 11.6. The summed E-state index contributed by atoms with van der Waals surface area (Å²) in [7, 11) is 1.56. The monoisotopic (exact) mass is 502 g/mol. The molecule has 1 N–H and O–H groups in total. The summed E-state index contributed by atoms with van der Waals surface area (Å²) >= 11 is 0. The fraction of sp³-hybridized carbons (Fsp3) is 0.286. The quantitative estimate of drug-likeness (QED) is 0.448. The molecule has 3 aromatic rings. The van der Waals surface area contributed by atoms with Crippen LogP contribution in [0, 0.1) is 6.92 Å². The molecular weight excluding hydrogens is 472 g/mol. The minimum absolute atomic E-state index is 0.219. The number of cyclic esters (lactones) is 1. The van der Waals surface area contributed by atoms with E-state index in [-0.39, 0.29) is 5.69 Å². The van der Waals surface area contributed by atoms with Crippen LogP contribution in [0.5, 0.6) is 11.5 Å². The highest BCUT2D eigenvalue weighted by Crippen LogP contribution is 2.32. The standard InChI is InChI=1S/C28H30N4O5/c1-5-22-25(20-14-15-23(36-6-2)24(17-20)35-4)31-32(28(34)37-22)26(19-12-10-18(3)11-13-19)30-27(33)21-9-7-8-16-29-21/h7-17,22,26H,5-6H2,1-4H3,(H,30,33). The SMILES string of the molecule is CCOc1ccc(C2=NN(C(NC(=O)c3ccccn3)c3ccc(C)cc3)C(=O)OC2CC)cc1OC. The van der Waals surface area contributed by atoms with Crippen LogP contribution < -0.4 is 14.8 Å². The van der Waals surface area contributed by atoms with Crippen LogP contribution >= 0.6 is 0 Å². The van der Waals surface area contributed by atoms with Crippen molar-refractivity contribution in [2.45, 2.75) is 39.5 Å². The largest absolute Gasteiger partial charge is 0.493 e. The van der Waals surface area contributed by atoms with E-state index >= 15 is 0 Å². The smallest absolute Gasteiger partial charge is 0.433 e. The fourth-order valence-electron chi connectivity index (χ4n) is 3.97. The van der Waals surface area contributed by atoms with Gasteiger partial charge >= 0.3 is 6.09 Å². The minimum atomic E-state index is -0.931. The summed E-state index contributed by atoms with van der Waals surface area (Å²) in [5.41, 5.74) is 3.17. The van der Waals surface area contributed by atoms with Crippen molar-refractivity contribution in [1.82, 2.24) is 15.3 Å². The Morgan fingerprint density at radius 3 is 2.54 bits per heavy atom. The number of carbonyl (C=O) groups is 2. The van der Waals surface area contributed by atoms with Gasteiger partial charge in [-0.1, -0.05) is 42.8 Å². The molecule has 0 radical (unpaired) electrons. The molecule has 9 nitrogen and oxygen atoms in total. The van der Waals surface area contributed by atoms with E-state index < -0.39 is 24.3 Å². The van der Waals surface area contributed by atoms with Crippen molar-refractivity contribution in [2.75, 3.05) is 13.7 Å². The van der Waals surface area contributed by atoms with Gasteiger partial charge in [-0.05, 0) is 56.2 Å². The van der Waals surface area contributed by atoms with Gasteiger partial charge in [0.05, 0.1) is 13.7 Å². The summed E-state index contributed by atoms with van der Waals surface area (Å²) in [6.45, 7) is 6.26. The Balaban J connectivity index is 1.77. The summed E-state index contributed by atoms with van der Waals surface area (Å²) in [5.74, 6) is 0.696. The van der Waals surface area contributed by atoms with Gasteiger partial charge in [0.1, 0.15) is 17.5 Å². The number of aryl methyl sites for hydroxylation is 1. The lowest BCUT2D eigenvalue weighted by Gasteiger charge is -2.34. The summed E-state index contributed by atoms with van der Waals surface area (Å²) in [4.78, 5) is 30.4. The van der Waals surface area contributed by atoms with Gasteiger partial charge in [0.15, 0.2) is 17.7 Å². The summed E-state index contributed by atoms with van der Waals surface area (Å²) in [5, 5.41) is 8.78. The van der Waals surface area contributed by atoms with Crippen molar-refractivity contribution >= 4 is 17.7 Å². The molecule has 4 rings (SSSR count). The zero-order chi connectivity index (χ0) is 26.4. The number of carbonyl (C=O) groups excluding carboxylic acids is 2. The van der Waals surface area contributed by atoms with E-state index in [2.05, 4.69) is 10.3 Å². The zero-order valence-corrected chi connectivity index (χ0v) is 21.3. The molecule has 2 aromatic carbocycles. The Kier molecular flexibility index (Phi) is 8.02. The molecule has 1 aliphatic heterocycles. The van der Waals surface area contributed by atoms with Gasteiger partial charge in [0.25, 0.3) is 5.91 Å². The molecule has 1 aromatic heterocycles. The molecule has 0 saturated heterocycles. The first-order valence-corrected chi connectivity index (χ1v) is 12.1. The number of ether oxygens (including phenoxy) is 3. The minimum Gasteiger partial charge on any atom is -0.493 e. The van der Waals surface area contributed by atoms with Crippen molar-refractivity contribution in [1.29, 1.82) is 0 Å². The molecule has 192 valence electrons. The molecule has 0 spiro atoms. The third kappa shape index (κ3) is 5.72. The molecule has 2 unspecified atom stereocenters. The van der Waals surface area contributed by atoms with Gasteiger partial charge in [0, 0.05) is 11.8 Å². The molecule has 2 atom stereocenters. The average Bonchev–Trinajstić information content (AvgIpc) is 2.93. The predicted octanol–water partition coefficient (Wildman–Crippen LogP) is 4.86. The van der Waals surface area contributed by atoms with Crippen LogP contribution in [0.3, 0.4) is 0 Å². The number of aromatic nitrogens is 1. The molecule has 0 saturated carbocycles. The highest BCUT2D eigenvalue weighted by atomic mass is 16.6. The number of hydrogen-bond acceptors (Lipinski definition) is 7. The lowest BCUT2D eigenvalue weighted by molar-refractivity contribution is 0.0492. The van der Waals surface area contributed by atoms with E-state index in [1.54, 1.807) is 37.4 Å². The van der Waals surface area contributed by atoms with Gasteiger partial charge in [-0.3, -0.25) is 9.78 Å². The number of benzene rings is 2. The van der Waals surface area contributed by atoms with Gasteiger partial charge in [-0.15, -0.1) is 0 Å². The number of amides is 2. The first-order chi connectivity index (χ1) is 17.9. The van der Waals surface area contributed by atoms with E-state index in [1.165, 1.54) is 6.20 Å². The molecule has 2 amide bonds. The van der Waals surface area contributed by atoms with Crippen molar-refractivity contribution < 1.29 is 23.8 Å². The maximum atomic E-state index is 13.2. The predicted molar refractivity (Wildman–Crippen MR) is 139 cm³/mol. The van der Waals surface area contributed by atoms with Crippen LogP contribution in [0.15, 0.2) is 72.0 Å². The van der Waals surface area contributed by atoms with Crippen LogP contribution in [-0.2, 0) is 4.74 Å². The number of hydrogen-bond donors (Lipinski definition) is 1. The van der Waals surface area contributed by atoms with Gasteiger partial charge in [-0.2, -0.15) is 10.1 Å². The molecule has 37 heavy (non-hydrogen) atoms. The van der Waals surface area contributed by atoms with Crippen LogP contribution in [0.2, 0.25) is 0 Å². The second-order valence-corrected chi connectivity index (χ2v) is 8.41. The van der Waals surface area contributed by atoms with Crippen LogP contribution in [0.25, 0.3) is 0 Å². The Hall–Kier alpha value is -4.40. The Morgan fingerprint density at radius 2 is 1.89 bits per heavy atom. The van der Waals surface area contributed by atoms with Crippen molar-refractivity contribution in [3.05, 3.63) is 89.2 Å². The van der Waals surface area contributed by atoms with Crippen LogP contribution in [0.1, 0.15) is 53.6 Å². The molecule has 2 heterocycles. The van der Waals surface area contributed by atoms with E-state index in [1.807, 2.05) is 51.1 Å². The lowest BCUT2D eigenvalue weighted by atomic mass is 10.0. The Morgan fingerprint density at radius 1 is 1.11 bits per heavy atom. The number of nitrogens with zero attached hydrogens (tertiary/aromatic N) is 3. The second-order valence-electron chi connectivity index (χ2n) is 8.41. The molecule has 1 aliphatic rings. The van der Waals surface area contributed by atoms with E-state index in [0.29, 0.717) is 41.4 Å². The van der Waals surface area contributed by atoms with Gasteiger partial charge in [0.2, 0.25) is 0 Å². The first-order valence-electron chi connectivity index (χ1n) is 12.1. The van der Waals surface area contributed by atoms with Crippen molar-refractivity contribution in [3.63, 3.8) is 0 Å². The average molecular weight is 503 g/mol. The highest BCUT2D eigenvalue weighted by Gasteiger charge is 2.37. The molecule has 9 heteroatoms. The number of methoxy groups -OCH3 is 1. The summed E-state index contributed by atoms with van der Waals surface area (Å²) < 4.78 is 16.9. The molecular formula is C28H30N4O5. The summed E-state index contributed by atoms with van der Waals surface area (Å²) in [6, 6.07) is 18.0. The summed E-state index contributed by atoms with van der Waals surface area (Å²) in [6.07, 6.45) is -0.118. The fourth-order valence-corrected chi connectivity index (χ4v) is 3.97. The third-order valence-corrected chi connectivity index (χ3v) is 5.88. The van der Waals surface area contributed by atoms with Crippen LogP contribution in [0.4, 0.5) is 4.79 Å². The number of hydrazone groups is 1. The van der Waals surface area contributed by atoms with Crippen molar-refractivity contribution in [3.8, 4) is 11.5 Å². The Labute approximate surface area is 216 Å². The third-order valence-electron chi connectivity index (χ3n) is 5.88. The van der Waals surface area contributed by atoms with E-state index in [9.17, 15) is 9.59 Å². The van der Waals surface area contributed by atoms with Crippen molar-refractivity contribution in [2.24, 2.45) is 5.10 Å². The normalized spacial score (nSPS) is 15.9. The van der Waals surface area contributed by atoms with Gasteiger partial charge < -0.3 is 19.5 Å². The molecule has 0 fully saturated rings. The lowest BCUT2D eigenvalue weighted by Crippen LogP contribution is -2.48. The maximum Gasteiger partial charge on any atom is 0.433 e. The highest BCUT2D eigenvalue weighted by molar-refractivity contribution is 6.06. The number of nitrogens with one attached hydrogen (secondary N) is 1. The molecule has 0 aliphatic carbocycles. The maximum absolute atomic E-state index is 13.2. The Bertz CT molecular complexity index is 1280. The first kappa shape index (κ1) is 25.7.